The summed E-state index contributed by atoms with van der Waals surface area (Å²) in [4.78, 5) is 6.07. The Balaban J connectivity index is 1.59. The number of nitrogens with one attached hydrogen (secondary N) is 1. The number of aromatic nitrogens is 1. The molecule has 0 bridgehead atoms. The van der Waals surface area contributed by atoms with Crippen molar-refractivity contribution in [3.63, 3.8) is 0 Å². The van der Waals surface area contributed by atoms with Gasteiger partial charge < -0.3 is 10.2 Å². The van der Waals surface area contributed by atoms with Crippen LogP contribution in [0.1, 0.15) is 31.2 Å². The molecular formula is C15H20F3N3. The number of hydrogen-bond donors (Lipinski definition) is 1. The van der Waals surface area contributed by atoms with Gasteiger partial charge in [0.15, 0.2) is 0 Å². The summed E-state index contributed by atoms with van der Waals surface area (Å²) in [6.45, 7) is 2.87. The summed E-state index contributed by atoms with van der Waals surface area (Å²) in [5, 5.41) is 3.55. The maximum absolute atomic E-state index is 12.5. The van der Waals surface area contributed by atoms with Gasteiger partial charge in [-0.1, -0.05) is 0 Å². The molecule has 21 heavy (non-hydrogen) atoms. The van der Waals surface area contributed by atoms with Crippen molar-refractivity contribution < 1.29 is 13.2 Å². The molecule has 2 aliphatic rings. The third-order valence-corrected chi connectivity index (χ3v) is 4.61. The maximum Gasteiger partial charge on any atom is 0.417 e. The van der Waals surface area contributed by atoms with Crippen LogP contribution in [0.15, 0.2) is 18.3 Å². The lowest BCUT2D eigenvalue weighted by Crippen LogP contribution is -2.41. The number of rotatable bonds is 2. The number of piperidine rings is 1. The number of alkyl halides is 3. The summed E-state index contributed by atoms with van der Waals surface area (Å²) in [6.07, 6.45) is 1.29. The fourth-order valence-electron chi connectivity index (χ4n) is 3.39. The monoisotopic (exact) mass is 299 g/mol. The Labute approximate surface area is 122 Å². The van der Waals surface area contributed by atoms with Crippen LogP contribution < -0.4 is 10.2 Å². The molecule has 0 saturated carbocycles. The van der Waals surface area contributed by atoms with Gasteiger partial charge in [0, 0.05) is 25.3 Å². The Morgan fingerprint density at radius 1 is 1.14 bits per heavy atom. The van der Waals surface area contributed by atoms with Crippen LogP contribution in [0.3, 0.4) is 0 Å². The molecule has 1 unspecified atom stereocenters. The summed E-state index contributed by atoms with van der Waals surface area (Å²) >= 11 is 0. The van der Waals surface area contributed by atoms with E-state index in [1.165, 1.54) is 18.9 Å². The zero-order chi connectivity index (χ0) is 14.9. The molecule has 0 radical (unpaired) electrons. The summed E-state index contributed by atoms with van der Waals surface area (Å²) < 4.78 is 37.6. The van der Waals surface area contributed by atoms with Gasteiger partial charge in [0.1, 0.15) is 5.82 Å². The van der Waals surface area contributed by atoms with Gasteiger partial charge in [-0.3, -0.25) is 0 Å². The molecule has 1 N–H and O–H groups in total. The van der Waals surface area contributed by atoms with Gasteiger partial charge in [0.05, 0.1) is 5.56 Å². The van der Waals surface area contributed by atoms with Crippen LogP contribution in [0.25, 0.3) is 0 Å². The third kappa shape index (κ3) is 3.31. The fourth-order valence-corrected chi connectivity index (χ4v) is 3.39. The van der Waals surface area contributed by atoms with Gasteiger partial charge in [-0.15, -0.1) is 0 Å². The van der Waals surface area contributed by atoms with Crippen molar-refractivity contribution in [3.05, 3.63) is 23.9 Å². The molecule has 0 aliphatic carbocycles. The first-order valence-corrected chi connectivity index (χ1v) is 7.55. The summed E-state index contributed by atoms with van der Waals surface area (Å²) in [6, 6.07) is 3.23. The molecule has 2 aliphatic heterocycles. The zero-order valence-electron chi connectivity index (χ0n) is 11.9. The molecule has 1 aromatic heterocycles. The lowest BCUT2D eigenvalue weighted by molar-refractivity contribution is -0.137. The molecule has 6 heteroatoms. The second-order valence-electron chi connectivity index (χ2n) is 5.93. The average Bonchev–Trinajstić information content (AvgIpc) is 3.01. The minimum Gasteiger partial charge on any atom is -0.357 e. The smallest absolute Gasteiger partial charge is 0.357 e. The highest BCUT2D eigenvalue weighted by Crippen LogP contribution is 2.31. The molecule has 3 nitrogen and oxygen atoms in total. The van der Waals surface area contributed by atoms with Gasteiger partial charge in [-0.2, -0.15) is 13.2 Å². The lowest BCUT2D eigenvalue weighted by atomic mass is 9.88. The van der Waals surface area contributed by atoms with Gasteiger partial charge in [-0.25, -0.2) is 4.98 Å². The Morgan fingerprint density at radius 3 is 2.43 bits per heavy atom. The Morgan fingerprint density at radius 2 is 1.90 bits per heavy atom. The number of hydrogen-bond acceptors (Lipinski definition) is 3. The minimum atomic E-state index is -4.31. The van der Waals surface area contributed by atoms with Crippen LogP contribution in [-0.4, -0.2) is 30.7 Å². The van der Waals surface area contributed by atoms with E-state index in [9.17, 15) is 13.2 Å². The van der Waals surface area contributed by atoms with E-state index >= 15 is 0 Å². The number of halogens is 3. The highest BCUT2D eigenvalue weighted by atomic mass is 19.4. The first-order valence-electron chi connectivity index (χ1n) is 7.55. The number of pyridine rings is 1. The van der Waals surface area contributed by atoms with Crippen molar-refractivity contribution in [3.8, 4) is 0 Å². The normalized spacial score (nSPS) is 24.5. The molecule has 1 atom stereocenters. The summed E-state index contributed by atoms with van der Waals surface area (Å²) in [5.41, 5.74) is -0.684. The Hall–Kier alpha value is -1.30. The first kappa shape index (κ1) is 14.6. The Kier molecular flexibility index (Phi) is 4.06. The number of nitrogens with zero attached hydrogens (tertiary/aromatic N) is 2. The molecule has 0 spiro atoms. The zero-order valence-corrected chi connectivity index (χ0v) is 11.9. The van der Waals surface area contributed by atoms with E-state index in [1.54, 1.807) is 0 Å². The SMILES string of the molecule is FC(F)(F)c1ccc(N2CCC(C3CCCN3)CC2)nc1. The van der Waals surface area contributed by atoms with Crippen molar-refractivity contribution in [2.75, 3.05) is 24.5 Å². The fraction of sp³-hybridized carbons (Fsp3) is 0.667. The molecule has 2 saturated heterocycles. The van der Waals surface area contributed by atoms with Crippen LogP contribution in [-0.2, 0) is 6.18 Å². The van der Waals surface area contributed by atoms with E-state index < -0.39 is 11.7 Å². The van der Waals surface area contributed by atoms with Crippen molar-refractivity contribution in [1.82, 2.24) is 10.3 Å². The van der Waals surface area contributed by atoms with Gasteiger partial charge in [-0.05, 0) is 50.3 Å². The predicted molar refractivity (Wildman–Crippen MR) is 75.2 cm³/mol. The van der Waals surface area contributed by atoms with Crippen LogP contribution in [0.4, 0.5) is 19.0 Å². The van der Waals surface area contributed by atoms with Gasteiger partial charge >= 0.3 is 6.18 Å². The minimum absolute atomic E-state index is 0.632. The highest BCUT2D eigenvalue weighted by molar-refractivity contribution is 5.40. The predicted octanol–water partition coefficient (Wildman–Crippen LogP) is 3.07. The van der Waals surface area contributed by atoms with E-state index in [0.717, 1.165) is 44.7 Å². The van der Waals surface area contributed by atoms with Crippen molar-refractivity contribution in [2.45, 2.75) is 37.9 Å². The molecular weight excluding hydrogens is 279 g/mol. The van der Waals surface area contributed by atoms with Crippen LogP contribution >= 0.6 is 0 Å². The third-order valence-electron chi connectivity index (χ3n) is 4.61. The lowest BCUT2D eigenvalue weighted by Gasteiger charge is -2.35. The molecule has 1 aromatic rings. The molecule has 116 valence electrons. The molecule has 3 rings (SSSR count). The number of anilines is 1. The summed E-state index contributed by atoms with van der Waals surface area (Å²) in [5.74, 6) is 1.35. The van der Waals surface area contributed by atoms with Crippen LogP contribution in [0, 0.1) is 5.92 Å². The summed E-state index contributed by atoms with van der Waals surface area (Å²) in [7, 11) is 0. The van der Waals surface area contributed by atoms with Gasteiger partial charge in [0.25, 0.3) is 0 Å². The van der Waals surface area contributed by atoms with E-state index in [0.29, 0.717) is 17.8 Å². The largest absolute Gasteiger partial charge is 0.417 e. The van der Waals surface area contributed by atoms with E-state index in [-0.39, 0.29) is 0 Å². The standard InChI is InChI=1S/C15H20F3N3/c16-15(17,18)12-3-4-14(20-10-12)21-8-5-11(6-9-21)13-2-1-7-19-13/h3-4,10-11,13,19H,1-2,5-9H2. The maximum atomic E-state index is 12.5. The second kappa shape index (κ2) is 5.83. The van der Waals surface area contributed by atoms with E-state index in [2.05, 4.69) is 15.2 Å². The van der Waals surface area contributed by atoms with Crippen molar-refractivity contribution >= 4 is 5.82 Å². The quantitative estimate of drug-likeness (QED) is 0.909. The van der Waals surface area contributed by atoms with Crippen LogP contribution in [0.2, 0.25) is 0 Å². The van der Waals surface area contributed by atoms with Gasteiger partial charge in [0.2, 0.25) is 0 Å². The highest BCUT2D eigenvalue weighted by Gasteiger charge is 2.32. The van der Waals surface area contributed by atoms with Crippen LogP contribution in [0.5, 0.6) is 0 Å². The average molecular weight is 299 g/mol. The van der Waals surface area contributed by atoms with Crippen molar-refractivity contribution in [1.29, 1.82) is 0 Å². The second-order valence-corrected chi connectivity index (χ2v) is 5.93. The van der Waals surface area contributed by atoms with Crippen molar-refractivity contribution in [2.24, 2.45) is 5.92 Å². The van der Waals surface area contributed by atoms with E-state index in [4.69, 9.17) is 0 Å². The molecule has 3 heterocycles. The Bertz CT molecular complexity index is 458. The topological polar surface area (TPSA) is 28.2 Å². The molecule has 0 amide bonds. The molecule has 0 aromatic carbocycles. The first-order chi connectivity index (χ1) is 10.0. The molecule has 2 fully saturated rings. The van der Waals surface area contributed by atoms with E-state index in [1.807, 2.05) is 0 Å².